The number of benzene rings is 2. The molecule has 0 aliphatic heterocycles. The lowest BCUT2D eigenvalue weighted by Gasteiger charge is -2.25. The van der Waals surface area contributed by atoms with Crippen molar-refractivity contribution in [2.45, 2.75) is 50.8 Å². The second-order valence-corrected chi connectivity index (χ2v) is 11.4. The molecule has 9 nitrogen and oxygen atoms in total. The first-order valence-electron chi connectivity index (χ1n) is 12.5. The van der Waals surface area contributed by atoms with Crippen molar-refractivity contribution in [1.29, 1.82) is 0 Å². The van der Waals surface area contributed by atoms with Crippen LogP contribution in [0.25, 0.3) is 0 Å². The predicted octanol–water partition coefficient (Wildman–Crippen LogP) is 4.97. The van der Waals surface area contributed by atoms with Gasteiger partial charge in [0, 0.05) is 31.1 Å². The molecule has 0 unspecified atom stereocenters. The number of rotatable bonds is 15. The highest BCUT2D eigenvalue weighted by atomic mass is 35.5. The number of nitrogens with one attached hydrogen (secondary N) is 1. The molecule has 39 heavy (non-hydrogen) atoms. The summed E-state index contributed by atoms with van der Waals surface area (Å²) < 4.78 is 62.1. The molecular formula is C26H34ClF2N3O6S. The molecule has 2 amide bonds. The van der Waals surface area contributed by atoms with Crippen molar-refractivity contribution in [3.8, 4) is 11.5 Å². The van der Waals surface area contributed by atoms with Crippen LogP contribution in [-0.4, -0.2) is 61.3 Å². The predicted molar refractivity (Wildman–Crippen MR) is 142 cm³/mol. The third-order valence-corrected chi connectivity index (χ3v) is 8.06. The van der Waals surface area contributed by atoms with E-state index in [4.69, 9.17) is 21.5 Å². The highest BCUT2D eigenvalue weighted by molar-refractivity contribution is 7.89. The number of ether oxygens (including phenoxy) is 1. The average molecular weight is 590 g/mol. The Balaban J connectivity index is 2.22. The van der Waals surface area contributed by atoms with E-state index in [9.17, 15) is 26.8 Å². The molecule has 2 aromatic carbocycles. The molecule has 2 rings (SSSR count). The normalized spacial score (nSPS) is 11.6. The van der Waals surface area contributed by atoms with Crippen molar-refractivity contribution in [3.05, 3.63) is 53.1 Å². The molecule has 0 radical (unpaired) electrons. The molecule has 2 aromatic rings. The maximum Gasteiger partial charge on any atom is 0.258 e. The van der Waals surface area contributed by atoms with Crippen LogP contribution in [0.5, 0.6) is 11.5 Å². The summed E-state index contributed by atoms with van der Waals surface area (Å²) in [5.74, 6) is -4.53. The summed E-state index contributed by atoms with van der Waals surface area (Å²) in [5, 5.41) is 9.32. The number of hydrogen-bond acceptors (Lipinski definition) is 6. The lowest BCUT2D eigenvalue weighted by Crippen LogP contribution is -2.41. The fourth-order valence-corrected chi connectivity index (χ4v) is 5.61. The first kappa shape index (κ1) is 32.4. The Kier molecular flexibility index (Phi) is 12.6. The van der Waals surface area contributed by atoms with E-state index in [-0.39, 0.29) is 37.1 Å². The summed E-state index contributed by atoms with van der Waals surface area (Å²) in [6.45, 7) is 3.11. The zero-order chi connectivity index (χ0) is 29.2. The molecule has 13 heteroatoms. The van der Waals surface area contributed by atoms with Crippen molar-refractivity contribution >= 4 is 33.4 Å². The summed E-state index contributed by atoms with van der Waals surface area (Å²) >= 11 is 5.79. The molecule has 0 spiro atoms. The van der Waals surface area contributed by atoms with Crippen LogP contribution >= 0.6 is 11.6 Å². The maximum absolute atomic E-state index is 14.8. The largest absolute Gasteiger partial charge is 0.451 e. The molecule has 0 bridgehead atoms. The third-order valence-electron chi connectivity index (χ3n) is 5.99. The topological polar surface area (TPSA) is 116 Å². The Morgan fingerprint density at radius 2 is 1.62 bits per heavy atom. The zero-order valence-corrected chi connectivity index (χ0v) is 23.7. The van der Waals surface area contributed by atoms with Crippen LogP contribution in [0.4, 0.5) is 8.78 Å². The molecule has 0 saturated carbocycles. The van der Waals surface area contributed by atoms with E-state index >= 15 is 0 Å². The van der Waals surface area contributed by atoms with Gasteiger partial charge in [-0.3, -0.25) is 14.8 Å². The number of halogens is 3. The van der Waals surface area contributed by atoms with E-state index in [2.05, 4.69) is 0 Å². The summed E-state index contributed by atoms with van der Waals surface area (Å²) in [6.07, 6.45) is 3.31. The first-order chi connectivity index (χ1) is 18.4. The van der Waals surface area contributed by atoms with Crippen molar-refractivity contribution in [2.24, 2.45) is 5.92 Å². The van der Waals surface area contributed by atoms with E-state index in [0.29, 0.717) is 21.5 Å². The van der Waals surface area contributed by atoms with Gasteiger partial charge in [-0.05, 0) is 55.7 Å². The van der Waals surface area contributed by atoms with E-state index in [1.807, 2.05) is 13.8 Å². The van der Waals surface area contributed by atoms with Gasteiger partial charge in [-0.15, -0.1) is 0 Å². The molecule has 216 valence electrons. The lowest BCUT2D eigenvalue weighted by molar-refractivity contribution is -0.135. The summed E-state index contributed by atoms with van der Waals surface area (Å²) in [6, 6.07) is 6.85. The Bertz CT molecular complexity index is 1200. The monoisotopic (exact) mass is 589 g/mol. The Labute approximate surface area is 232 Å². The Morgan fingerprint density at radius 1 is 1.05 bits per heavy atom. The SMILES string of the molecule is CCCC(CCC)C(=O)N(C)CCCN(CC(=O)NO)S(=O)(=O)c1cc(F)c(Oc2ccc(Cl)cc2)c(F)c1. The minimum Gasteiger partial charge on any atom is -0.451 e. The minimum atomic E-state index is -4.59. The van der Waals surface area contributed by atoms with Gasteiger partial charge < -0.3 is 9.64 Å². The lowest BCUT2D eigenvalue weighted by atomic mass is 9.97. The van der Waals surface area contributed by atoms with Gasteiger partial charge in [0.25, 0.3) is 5.91 Å². The summed E-state index contributed by atoms with van der Waals surface area (Å²) in [7, 11) is -2.98. The Morgan fingerprint density at radius 3 is 2.13 bits per heavy atom. The molecule has 0 fully saturated rings. The standard InChI is InChI=1S/C26H34ClF2N3O6S/c1-4-7-18(8-5-2)26(34)31(3)13-6-14-32(17-24(33)30-35)39(36,37)21-15-22(28)25(23(29)16-21)38-20-11-9-19(27)10-12-20/h9-12,15-16,18,35H,4-8,13-14,17H2,1-3H3,(H,30,33). The van der Waals surface area contributed by atoms with Gasteiger partial charge in [-0.25, -0.2) is 22.7 Å². The van der Waals surface area contributed by atoms with Gasteiger partial charge in [0.15, 0.2) is 17.4 Å². The summed E-state index contributed by atoms with van der Waals surface area (Å²) in [5.41, 5.74) is 1.36. The number of carbonyl (C=O) groups is 2. The zero-order valence-electron chi connectivity index (χ0n) is 22.1. The van der Waals surface area contributed by atoms with E-state index in [0.717, 1.165) is 25.7 Å². The average Bonchev–Trinajstić information content (AvgIpc) is 2.90. The van der Waals surface area contributed by atoms with Gasteiger partial charge in [-0.1, -0.05) is 38.3 Å². The van der Waals surface area contributed by atoms with Crippen molar-refractivity contribution < 1.29 is 36.7 Å². The summed E-state index contributed by atoms with van der Waals surface area (Å²) in [4.78, 5) is 25.4. The number of sulfonamides is 1. The molecular weight excluding hydrogens is 556 g/mol. The van der Waals surface area contributed by atoms with Gasteiger partial charge >= 0.3 is 0 Å². The molecule has 0 saturated heterocycles. The smallest absolute Gasteiger partial charge is 0.258 e. The highest BCUT2D eigenvalue weighted by Crippen LogP contribution is 2.31. The van der Waals surface area contributed by atoms with Gasteiger partial charge in [-0.2, -0.15) is 4.31 Å². The van der Waals surface area contributed by atoms with Crippen LogP contribution in [0.2, 0.25) is 5.02 Å². The number of nitrogens with zero attached hydrogens (tertiary/aromatic N) is 2. The van der Waals surface area contributed by atoms with Crippen LogP contribution in [0, 0.1) is 17.6 Å². The van der Waals surface area contributed by atoms with Crippen LogP contribution in [0.15, 0.2) is 41.3 Å². The van der Waals surface area contributed by atoms with Crippen molar-refractivity contribution in [3.63, 3.8) is 0 Å². The first-order valence-corrected chi connectivity index (χ1v) is 14.4. The van der Waals surface area contributed by atoms with Crippen LogP contribution < -0.4 is 10.2 Å². The number of amides is 2. The number of carbonyl (C=O) groups excluding carboxylic acids is 2. The maximum atomic E-state index is 14.8. The number of hydroxylamine groups is 1. The fraction of sp³-hybridized carbons (Fsp3) is 0.462. The molecule has 0 heterocycles. The van der Waals surface area contributed by atoms with Gasteiger partial charge in [0.1, 0.15) is 5.75 Å². The van der Waals surface area contributed by atoms with E-state index in [1.54, 1.807) is 7.05 Å². The van der Waals surface area contributed by atoms with E-state index < -0.39 is 44.8 Å². The van der Waals surface area contributed by atoms with Crippen molar-refractivity contribution in [2.75, 3.05) is 26.7 Å². The van der Waals surface area contributed by atoms with Crippen LogP contribution in [0.1, 0.15) is 46.0 Å². The second kappa shape index (κ2) is 15.1. The minimum absolute atomic E-state index is 0.0540. The van der Waals surface area contributed by atoms with Gasteiger partial charge in [0.2, 0.25) is 15.9 Å². The quantitative estimate of drug-likeness (QED) is 0.224. The number of hydrogen-bond donors (Lipinski definition) is 2. The molecule has 0 atom stereocenters. The molecule has 2 N–H and O–H groups in total. The van der Waals surface area contributed by atoms with E-state index in [1.165, 1.54) is 34.6 Å². The van der Waals surface area contributed by atoms with Crippen molar-refractivity contribution in [1.82, 2.24) is 14.7 Å². The van der Waals surface area contributed by atoms with Gasteiger partial charge in [0.05, 0.1) is 11.4 Å². The second-order valence-electron chi connectivity index (χ2n) is 9.03. The molecule has 0 aliphatic carbocycles. The van der Waals surface area contributed by atoms with Crippen LogP contribution in [-0.2, 0) is 19.6 Å². The highest BCUT2D eigenvalue weighted by Gasteiger charge is 2.30. The van der Waals surface area contributed by atoms with Crippen LogP contribution in [0.3, 0.4) is 0 Å². The molecule has 0 aliphatic rings. The Hall–Kier alpha value is -2.80. The molecule has 0 aromatic heterocycles. The third kappa shape index (κ3) is 9.13. The fourth-order valence-electron chi connectivity index (χ4n) is 4.03.